The Hall–Kier alpha value is -3.20. The summed E-state index contributed by atoms with van der Waals surface area (Å²) < 4.78 is 22.3. The van der Waals surface area contributed by atoms with Gasteiger partial charge < -0.3 is 15.3 Å². The van der Waals surface area contributed by atoms with Crippen molar-refractivity contribution in [3.63, 3.8) is 0 Å². The average molecular weight is 488 g/mol. The molecule has 2 heterocycles. The van der Waals surface area contributed by atoms with E-state index in [9.17, 15) is 4.39 Å². The second-order valence-electron chi connectivity index (χ2n) is 7.02. The summed E-state index contributed by atoms with van der Waals surface area (Å²) in [7, 11) is 0. The van der Waals surface area contributed by atoms with E-state index in [1.165, 1.54) is 12.3 Å². The number of benzene rings is 1. The van der Waals surface area contributed by atoms with Gasteiger partial charge in [0, 0.05) is 18.2 Å². The summed E-state index contributed by atoms with van der Waals surface area (Å²) in [5.74, 6) is 0.980. The number of hydrogen-bond donors (Lipinski definition) is 2. The van der Waals surface area contributed by atoms with Crippen LogP contribution in [0.15, 0.2) is 69.6 Å². The number of rotatable bonds is 8. The molecule has 3 rings (SSSR count). The summed E-state index contributed by atoms with van der Waals surface area (Å²) in [5.41, 5.74) is 2.10. The molecule has 0 unspecified atom stereocenters. The van der Waals surface area contributed by atoms with Gasteiger partial charge in [0.05, 0.1) is 34.4 Å². The van der Waals surface area contributed by atoms with Crippen molar-refractivity contribution in [2.75, 3.05) is 11.9 Å². The molecule has 0 saturated heterocycles. The van der Waals surface area contributed by atoms with Gasteiger partial charge in [-0.25, -0.2) is 9.37 Å². The number of nitrogens with one attached hydrogen (secondary N) is 1. The Labute approximate surface area is 188 Å². The fourth-order valence-corrected chi connectivity index (χ4v) is 3.27. The van der Waals surface area contributed by atoms with Gasteiger partial charge in [-0.2, -0.15) is 9.61 Å². The maximum absolute atomic E-state index is 14.3. The lowest BCUT2D eigenvalue weighted by Gasteiger charge is -2.12. The number of fused-ring (bicyclic) bond motifs is 1. The first kappa shape index (κ1) is 22.5. The van der Waals surface area contributed by atoms with E-state index in [0.717, 1.165) is 5.76 Å². The second-order valence-corrected chi connectivity index (χ2v) is 7.87. The molecule has 1 aromatic carbocycles. The van der Waals surface area contributed by atoms with Crippen LogP contribution in [-0.4, -0.2) is 38.7 Å². The van der Waals surface area contributed by atoms with Crippen molar-refractivity contribution in [3.05, 3.63) is 70.3 Å². The van der Waals surface area contributed by atoms with Gasteiger partial charge in [-0.05, 0) is 60.5 Å². The predicted molar refractivity (Wildman–Crippen MR) is 123 cm³/mol. The van der Waals surface area contributed by atoms with Crippen LogP contribution >= 0.6 is 15.9 Å². The number of anilines is 1. The predicted octanol–water partition coefficient (Wildman–Crippen LogP) is 5.43. The molecular weight excluding hydrogens is 465 g/mol. The molecule has 0 aliphatic carbocycles. The fourth-order valence-electron chi connectivity index (χ4n) is 2.92. The number of hydrogen-bond acceptors (Lipinski definition) is 6. The Balaban J connectivity index is 1.94. The molecule has 0 saturated carbocycles. The van der Waals surface area contributed by atoms with Gasteiger partial charge in [0.15, 0.2) is 5.65 Å². The summed E-state index contributed by atoms with van der Waals surface area (Å²) in [5, 5.41) is 19.7. The van der Waals surface area contributed by atoms with Crippen LogP contribution in [0.2, 0.25) is 0 Å². The quantitative estimate of drug-likeness (QED) is 0.145. The Morgan fingerprint density at radius 3 is 2.84 bits per heavy atom. The molecular formula is C22H23BrFN5O2. The number of halogens is 2. The highest BCUT2D eigenvalue weighted by atomic mass is 79.9. The number of aromatic nitrogens is 3. The molecule has 0 amide bonds. The van der Waals surface area contributed by atoms with Crippen molar-refractivity contribution < 1.29 is 14.3 Å². The van der Waals surface area contributed by atoms with Gasteiger partial charge >= 0.3 is 0 Å². The molecule has 2 N–H and O–H groups in total. The molecule has 31 heavy (non-hydrogen) atoms. The van der Waals surface area contributed by atoms with E-state index in [-0.39, 0.29) is 11.9 Å². The van der Waals surface area contributed by atoms with E-state index < -0.39 is 0 Å². The van der Waals surface area contributed by atoms with Crippen LogP contribution in [-0.2, 0) is 4.74 Å². The zero-order valence-corrected chi connectivity index (χ0v) is 19.0. The van der Waals surface area contributed by atoms with Crippen molar-refractivity contribution in [2.24, 2.45) is 5.16 Å². The largest absolute Gasteiger partial charge is 0.496 e. The highest BCUT2D eigenvalue weighted by molar-refractivity contribution is 9.10. The molecule has 7 nitrogen and oxygen atoms in total. The van der Waals surface area contributed by atoms with E-state index in [2.05, 4.69) is 36.5 Å². The van der Waals surface area contributed by atoms with Crippen LogP contribution < -0.4 is 5.32 Å². The normalized spacial score (nSPS) is 12.8. The summed E-state index contributed by atoms with van der Waals surface area (Å²) in [4.78, 5) is 4.54. The minimum absolute atomic E-state index is 0.0675. The fraction of sp³-hybridized carbons (Fsp3) is 0.227. The average Bonchev–Trinajstić information content (AvgIpc) is 3.10. The van der Waals surface area contributed by atoms with Crippen LogP contribution in [0.4, 0.5) is 10.2 Å². The molecule has 0 atom stereocenters. The number of oxime groups is 1. The van der Waals surface area contributed by atoms with E-state index >= 15 is 0 Å². The van der Waals surface area contributed by atoms with Crippen molar-refractivity contribution in [2.45, 2.75) is 26.9 Å². The topological polar surface area (TPSA) is 84.0 Å². The summed E-state index contributed by atoms with van der Waals surface area (Å²) in [6.45, 7) is 6.07. The smallest absolute Gasteiger partial charge is 0.172 e. The van der Waals surface area contributed by atoms with Crippen LogP contribution in [0.5, 0.6) is 0 Å². The van der Waals surface area contributed by atoms with Gasteiger partial charge in [0.1, 0.15) is 11.6 Å². The van der Waals surface area contributed by atoms with E-state index in [1.54, 1.807) is 47.1 Å². The first-order chi connectivity index (χ1) is 14.9. The first-order valence-electron chi connectivity index (χ1n) is 9.63. The highest BCUT2D eigenvalue weighted by Gasteiger charge is 2.13. The van der Waals surface area contributed by atoms with Crippen molar-refractivity contribution in [3.8, 4) is 11.3 Å². The lowest BCUT2D eigenvalue weighted by molar-refractivity contribution is 0.149. The van der Waals surface area contributed by atoms with Crippen LogP contribution in [0.3, 0.4) is 0 Å². The summed E-state index contributed by atoms with van der Waals surface area (Å²) in [6, 6.07) is 8.19. The lowest BCUT2D eigenvalue weighted by atomic mass is 10.1. The van der Waals surface area contributed by atoms with Crippen molar-refractivity contribution >= 4 is 33.6 Å². The second kappa shape index (κ2) is 10.2. The van der Waals surface area contributed by atoms with E-state index in [1.807, 2.05) is 20.8 Å². The molecule has 2 aromatic heterocycles. The van der Waals surface area contributed by atoms with E-state index in [0.29, 0.717) is 39.3 Å². The summed E-state index contributed by atoms with van der Waals surface area (Å²) >= 11 is 3.44. The van der Waals surface area contributed by atoms with Gasteiger partial charge in [-0.1, -0.05) is 23.4 Å². The van der Waals surface area contributed by atoms with Crippen LogP contribution in [0.1, 0.15) is 20.8 Å². The minimum Gasteiger partial charge on any atom is -0.496 e. The third-order valence-corrected chi connectivity index (χ3v) is 4.79. The maximum atomic E-state index is 14.3. The molecule has 0 spiro atoms. The number of ether oxygens (including phenoxy) is 1. The summed E-state index contributed by atoms with van der Waals surface area (Å²) in [6.07, 6.45) is 6.62. The Bertz CT molecular complexity index is 1150. The monoisotopic (exact) mass is 487 g/mol. The molecule has 0 radical (unpaired) electrons. The SMILES string of the molecule is C\C(=C/C=C(\C=N\O)CNc1cc(-c2ccccc2F)nc2c(Br)cnn12)OC(C)C. The Kier molecular flexibility index (Phi) is 7.41. The Morgan fingerprint density at radius 2 is 2.13 bits per heavy atom. The van der Waals surface area contributed by atoms with Gasteiger partial charge in [0.25, 0.3) is 0 Å². The maximum Gasteiger partial charge on any atom is 0.172 e. The standard InChI is InChI=1S/C22H23BrFN5O2/c1-14(2)31-15(3)8-9-16(12-27-30)11-25-21-10-20(17-6-4-5-7-19(17)24)28-22-18(23)13-26-29(21)22/h4-10,12-14,25,30H,11H2,1-3H3/b15-8+,16-9-,27-12+. The molecule has 3 aromatic rings. The molecule has 0 fully saturated rings. The molecule has 0 aliphatic heterocycles. The van der Waals surface area contributed by atoms with Gasteiger partial charge in [-0.15, -0.1) is 0 Å². The third kappa shape index (κ3) is 5.69. The van der Waals surface area contributed by atoms with E-state index in [4.69, 9.17) is 9.94 Å². The zero-order chi connectivity index (χ0) is 22.4. The lowest BCUT2D eigenvalue weighted by Crippen LogP contribution is -2.11. The third-order valence-electron chi connectivity index (χ3n) is 4.23. The van der Waals surface area contributed by atoms with Crippen LogP contribution in [0, 0.1) is 5.82 Å². The zero-order valence-electron chi connectivity index (χ0n) is 17.4. The van der Waals surface area contributed by atoms with Gasteiger partial charge in [-0.3, -0.25) is 0 Å². The van der Waals surface area contributed by atoms with Gasteiger partial charge in [0.2, 0.25) is 0 Å². The number of allylic oxidation sites excluding steroid dienone is 3. The molecule has 0 aliphatic rings. The highest BCUT2D eigenvalue weighted by Crippen LogP contribution is 2.27. The molecule has 9 heteroatoms. The molecule has 162 valence electrons. The molecule has 0 bridgehead atoms. The first-order valence-corrected chi connectivity index (χ1v) is 10.4. The van der Waals surface area contributed by atoms with Crippen molar-refractivity contribution in [1.29, 1.82) is 0 Å². The number of nitrogens with zero attached hydrogens (tertiary/aromatic N) is 4. The van der Waals surface area contributed by atoms with Crippen LogP contribution in [0.25, 0.3) is 16.9 Å². The van der Waals surface area contributed by atoms with Crippen molar-refractivity contribution in [1.82, 2.24) is 14.6 Å². The Morgan fingerprint density at radius 1 is 1.35 bits per heavy atom. The minimum atomic E-state index is -0.361.